The van der Waals surface area contributed by atoms with E-state index >= 15 is 0 Å². The van der Waals surface area contributed by atoms with Crippen LogP contribution >= 0.6 is 0 Å². The van der Waals surface area contributed by atoms with Crippen molar-refractivity contribution in [1.82, 2.24) is 0 Å². The molecule has 0 aliphatic carbocycles. The van der Waals surface area contributed by atoms with Gasteiger partial charge in [0.15, 0.2) is 6.29 Å². The Bertz CT molecular complexity index is 119. The molecule has 0 rings (SSSR count). The number of hydrogen-bond donors (Lipinski definition) is 0. The van der Waals surface area contributed by atoms with Crippen LogP contribution in [-0.2, 0) is 9.47 Å². The van der Waals surface area contributed by atoms with Crippen LogP contribution in [0.4, 0.5) is 0 Å². The Labute approximate surface area is 62.8 Å². The lowest BCUT2D eigenvalue weighted by Crippen LogP contribution is -2.14. The molecule has 0 aromatic carbocycles. The van der Waals surface area contributed by atoms with Gasteiger partial charge in [-0.2, -0.15) is 0 Å². The van der Waals surface area contributed by atoms with Crippen molar-refractivity contribution in [3.05, 3.63) is 11.1 Å². The number of allylic oxidation sites excluding steroid dienone is 1. The minimum Gasteiger partial charge on any atom is -0.352 e. The Morgan fingerprint density at radius 1 is 1.00 bits per heavy atom. The Balaban J connectivity index is 4.15. The lowest BCUT2D eigenvalue weighted by molar-refractivity contribution is -0.0752. The highest BCUT2D eigenvalue weighted by Gasteiger charge is 2.07. The van der Waals surface area contributed by atoms with Gasteiger partial charge in [0.1, 0.15) is 0 Å². The van der Waals surface area contributed by atoms with E-state index in [1.165, 1.54) is 5.57 Å². The standard InChI is InChI=1S/C8H16O2/c1-6(2)7(3)8(9-4)10-5/h8H,1-5H3. The lowest BCUT2D eigenvalue weighted by atomic mass is 10.2. The molecule has 0 aliphatic heterocycles. The molecule has 0 N–H and O–H groups in total. The smallest absolute Gasteiger partial charge is 0.179 e. The largest absolute Gasteiger partial charge is 0.352 e. The van der Waals surface area contributed by atoms with Crippen molar-refractivity contribution in [2.45, 2.75) is 27.1 Å². The van der Waals surface area contributed by atoms with Crippen LogP contribution in [0.3, 0.4) is 0 Å². The second-order valence-corrected chi connectivity index (χ2v) is 2.49. The Morgan fingerprint density at radius 2 is 1.40 bits per heavy atom. The number of rotatable bonds is 3. The average Bonchev–Trinajstić information content (AvgIpc) is 1.90. The van der Waals surface area contributed by atoms with Gasteiger partial charge in [0.2, 0.25) is 0 Å². The summed E-state index contributed by atoms with van der Waals surface area (Å²) < 4.78 is 10.1. The van der Waals surface area contributed by atoms with Crippen LogP contribution in [0.15, 0.2) is 11.1 Å². The van der Waals surface area contributed by atoms with Crippen LogP contribution < -0.4 is 0 Å². The van der Waals surface area contributed by atoms with Crippen LogP contribution in [0.25, 0.3) is 0 Å². The molecule has 2 nitrogen and oxygen atoms in total. The summed E-state index contributed by atoms with van der Waals surface area (Å²) in [5, 5.41) is 0. The van der Waals surface area contributed by atoms with Crippen molar-refractivity contribution in [3.8, 4) is 0 Å². The molecule has 0 bridgehead atoms. The molecular formula is C8H16O2. The summed E-state index contributed by atoms with van der Waals surface area (Å²) in [5.41, 5.74) is 2.39. The normalized spacial score (nSPS) is 10.2. The molecule has 0 spiro atoms. The zero-order valence-corrected chi connectivity index (χ0v) is 7.39. The van der Waals surface area contributed by atoms with Crippen LogP contribution in [0, 0.1) is 0 Å². The SMILES string of the molecule is COC(OC)C(C)=C(C)C. The monoisotopic (exact) mass is 144 g/mol. The topological polar surface area (TPSA) is 18.5 Å². The van der Waals surface area contributed by atoms with Gasteiger partial charge in [-0.15, -0.1) is 0 Å². The second kappa shape index (κ2) is 4.47. The second-order valence-electron chi connectivity index (χ2n) is 2.49. The summed E-state index contributed by atoms with van der Waals surface area (Å²) in [6, 6.07) is 0. The molecule has 0 radical (unpaired) electrons. The first-order valence-corrected chi connectivity index (χ1v) is 3.33. The predicted molar refractivity (Wildman–Crippen MR) is 41.9 cm³/mol. The van der Waals surface area contributed by atoms with E-state index in [9.17, 15) is 0 Å². The molecular weight excluding hydrogens is 128 g/mol. The van der Waals surface area contributed by atoms with Crippen LogP contribution in [-0.4, -0.2) is 20.5 Å². The van der Waals surface area contributed by atoms with Crippen LogP contribution in [0.5, 0.6) is 0 Å². The molecule has 0 fully saturated rings. The Kier molecular flexibility index (Phi) is 4.32. The van der Waals surface area contributed by atoms with E-state index in [1.807, 2.05) is 20.8 Å². The molecule has 10 heavy (non-hydrogen) atoms. The first-order valence-electron chi connectivity index (χ1n) is 3.33. The predicted octanol–water partition coefficient (Wildman–Crippen LogP) is 1.96. The van der Waals surface area contributed by atoms with Gasteiger partial charge in [0.25, 0.3) is 0 Å². The molecule has 0 saturated carbocycles. The molecule has 0 aromatic heterocycles. The third kappa shape index (κ3) is 2.50. The van der Waals surface area contributed by atoms with Crippen molar-refractivity contribution in [2.75, 3.05) is 14.2 Å². The summed E-state index contributed by atoms with van der Waals surface area (Å²) in [7, 11) is 3.28. The van der Waals surface area contributed by atoms with E-state index in [-0.39, 0.29) is 6.29 Å². The summed E-state index contributed by atoms with van der Waals surface area (Å²) in [5.74, 6) is 0. The minimum absolute atomic E-state index is 0.176. The third-order valence-corrected chi connectivity index (χ3v) is 1.57. The van der Waals surface area contributed by atoms with E-state index in [0.717, 1.165) is 5.57 Å². The highest BCUT2D eigenvalue weighted by Crippen LogP contribution is 2.10. The number of methoxy groups -OCH3 is 2. The van der Waals surface area contributed by atoms with Crippen molar-refractivity contribution >= 4 is 0 Å². The fraction of sp³-hybridized carbons (Fsp3) is 0.750. The summed E-state index contributed by atoms with van der Waals surface area (Å²) in [4.78, 5) is 0. The van der Waals surface area contributed by atoms with Gasteiger partial charge in [-0.3, -0.25) is 0 Å². The van der Waals surface area contributed by atoms with Gasteiger partial charge >= 0.3 is 0 Å². The van der Waals surface area contributed by atoms with Crippen molar-refractivity contribution in [2.24, 2.45) is 0 Å². The summed E-state index contributed by atoms with van der Waals surface area (Å²) in [6.45, 7) is 6.09. The van der Waals surface area contributed by atoms with Gasteiger partial charge < -0.3 is 9.47 Å². The molecule has 2 heteroatoms. The first-order chi connectivity index (χ1) is 4.63. The van der Waals surface area contributed by atoms with Crippen molar-refractivity contribution in [1.29, 1.82) is 0 Å². The maximum Gasteiger partial charge on any atom is 0.179 e. The van der Waals surface area contributed by atoms with E-state index < -0.39 is 0 Å². The van der Waals surface area contributed by atoms with Crippen LogP contribution in [0.2, 0.25) is 0 Å². The molecule has 0 unspecified atom stereocenters. The van der Waals surface area contributed by atoms with Gasteiger partial charge in [0, 0.05) is 14.2 Å². The fourth-order valence-corrected chi connectivity index (χ4v) is 0.685. The van der Waals surface area contributed by atoms with E-state index in [2.05, 4.69) is 0 Å². The molecule has 0 aliphatic rings. The Morgan fingerprint density at radius 3 is 1.50 bits per heavy atom. The lowest BCUT2D eigenvalue weighted by Gasteiger charge is -2.15. The van der Waals surface area contributed by atoms with Gasteiger partial charge in [0.05, 0.1) is 0 Å². The number of ether oxygens (including phenoxy) is 2. The molecule has 0 saturated heterocycles. The first kappa shape index (κ1) is 9.66. The zero-order chi connectivity index (χ0) is 8.15. The van der Waals surface area contributed by atoms with Crippen molar-refractivity contribution < 1.29 is 9.47 Å². The quantitative estimate of drug-likeness (QED) is 0.445. The highest BCUT2D eigenvalue weighted by atomic mass is 16.7. The molecule has 0 aromatic rings. The molecule has 0 heterocycles. The van der Waals surface area contributed by atoms with Gasteiger partial charge in [-0.05, 0) is 26.3 Å². The number of hydrogen-bond acceptors (Lipinski definition) is 2. The highest BCUT2D eigenvalue weighted by molar-refractivity contribution is 5.09. The summed E-state index contributed by atoms with van der Waals surface area (Å²) >= 11 is 0. The summed E-state index contributed by atoms with van der Waals surface area (Å²) in [6.07, 6.45) is -0.176. The maximum absolute atomic E-state index is 5.04. The molecule has 60 valence electrons. The van der Waals surface area contributed by atoms with E-state index in [0.29, 0.717) is 0 Å². The minimum atomic E-state index is -0.176. The van der Waals surface area contributed by atoms with E-state index in [4.69, 9.17) is 9.47 Å². The van der Waals surface area contributed by atoms with Crippen LogP contribution in [0.1, 0.15) is 20.8 Å². The van der Waals surface area contributed by atoms with Crippen molar-refractivity contribution in [3.63, 3.8) is 0 Å². The molecule has 0 atom stereocenters. The Hall–Kier alpha value is -0.340. The average molecular weight is 144 g/mol. The third-order valence-electron chi connectivity index (χ3n) is 1.57. The van der Waals surface area contributed by atoms with E-state index in [1.54, 1.807) is 14.2 Å². The molecule has 0 amide bonds. The zero-order valence-electron chi connectivity index (χ0n) is 7.39. The fourth-order valence-electron chi connectivity index (χ4n) is 0.685. The maximum atomic E-state index is 5.04. The van der Waals surface area contributed by atoms with Gasteiger partial charge in [-0.25, -0.2) is 0 Å². The van der Waals surface area contributed by atoms with Gasteiger partial charge in [-0.1, -0.05) is 5.57 Å².